The van der Waals surface area contributed by atoms with Crippen LogP contribution >= 0.6 is 11.6 Å². The minimum absolute atomic E-state index is 0.124. The van der Waals surface area contributed by atoms with E-state index in [2.05, 4.69) is 29.3 Å². The quantitative estimate of drug-likeness (QED) is 0.589. The molecule has 0 bridgehead atoms. The molecule has 2 aromatic rings. The first-order chi connectivity index (χ1) is 14.6. The number of methoxy groups -OCH3 is 1. The fraction of sp³-hybridized carbons (Fsp3) is 0.458. The summed E-state index contributed by atoms with van der Waals surface area (Å²) in [7, 11) is 1.60. The van der Waals surface area contributed by atoms with E-state index in [1.54, 1.807) is 25.3 Å². The molecule has 1 heterocycles. The first kappa shape index (κ1) is 22.4. The molecule has 5 nitrogen and oxygen atoms in total. The summed E-state index contributed by atoms with van der Waals surface area (Å²) in [5, 5.41) is 3.51. The third kappa shape index (κ3) is 6.13. The van der Waals surface area contributed by atoms with E-state index in [0.717, 1.165) is 38.0 Å². The third-order valence-corrected chi connectivity index (χ3v) is 6.03. The molecule has 1 fully saturated rings. The first-order valence-electron chi connectivity index (χ1n) is 10.8. The number of hydrogen-bond acceptors (Lipinski definition) is 3. The molecule has 0 aliphatic carbocycles. The topological polar surface area (TPSA) is 44.8 Å². The second kappa shape index (κ2) is 11.2. The maximum Gasteiger partial charge on any atom is 0.322 e. The molecule has 162 valence electrons. The lowest BCUT2D eigenvalue weighted by atomic mass is 10.0. The number of carbonyl (C=O) groups excluding carboxylic acids is 1. The van der Waals surface area contributed by atoms with Gasteiger partial charge in [-0.1, -0.05) is 55.3 Å². The van der Waals surface area contributed by atoms with Crippen LogP contribution in [0.2, 0.25) is 5.02 Å². The van der Waals surface area contributed by atoms with Gasteiger partial charge in [0.05, 0.1) is 17.8 Å². The van der Waals surface area contributed by atoms with Crippen LogP contribution in [-0.2, 0) is 6.54 Å². The Hall–Kier alpha value is -2.24. The molecule has 0 radical (unpaired) electrons. The largest absolute Gasteiger partial charge is 0.497 e. The molecule has 1 aliphatic heterocycles. The number of anilines is 1. The van der Waals surface area contributed by atoms with Crippen LogP contribution < -0.4 is 10.1 Å². The van der Waals surface area contributed by atoms with E-state index in [0.29, 0.717) is 23.0 Å². The Balaban J connectivity index is 1.73. The van der Waals surface area contributed by atoms with Crippen molar-refractivity contribution >= 4 is 23.3 Å². The van der Waals surface area contributed by atoms with Crippen molar-refractivity contribution in [1.82, 2.24) is 9.80 Å². The second-order valence-corrected chi connectivity index (χ2v) is 8.22. The van der Waals surface area contributed by atoms with Gasteiger partial charge in [0.25, 0.3) is 0 Å². The van der Waals surface area contributed by atoms with Crippen LogP contribution in [-0.4, -0.2) is 48.6 Å². The molecule has 1 N–H and O–H groups in total. The highest BCUT2D eigenvalue weighted by Gasteiger charge is 2.28. The summed E-state index contributed by atoms with van der Waals surface area (Å²) in [6.07, 6.45) is 4.41. The molecule has 0 saturated carbocycles. The lowest BCUT2D eigenvalue weighted by molar-refractivity contribution is 0.122. The molecule has 3 rings (SSSR count). The average molecular weight is 430 g/mol. The Bertz CT molecular complexity index is 807. The maximum absolute atomic E-state index is 13.3. The summed E-state index contributed by atoms with van der Waals surface area (Å²) < 4.78 is 5.28. The Morgan fingerprint density at radius 1 is 1.20 bits per heavy atom. The average Bonchev–Trinajstić information content (AvgIpc) is 2.78. The van der Waals surface area contributed by atoms with Gasteiger partial charge in [-0.25, -0.2) is 4.79 Å². The predicted molar refractivity (Wildman–Crippen MR) is 123 cm³/mol. The van der Waals surface area contributed by atoms with Crippen LogP contribution in [0.5, 0.6) is 5.75 Å². The van der Waals surface area contributed by atoms with Crippen LogP contribution in [0.4, 0.5) is 10.5 Å². The van der Waals surface area contributed by atoms with Gasteiger partial charge in [0, 0.05) is 31.7 Å². The summed E-state index contributed by atoms with van der Waals surface area (Å²) in [6.45, 7) is 6.01. The molecule has 30 heavy (non-hydrogen) atoms. The Morgan fingerprint density at radius 3 is 2.60 bits per heavy atom. The SMILES string of the molecule is CCCCN1CCC(N(Cc2ccccc2)C(=O)Nc2cc(OC)ccc2Cl)CC1. The Morgan fingerprint density at radius 2 is 1.93 bits per heavy atom. The van der Waals surface area contributed by atoms with Crippen molar-refractivity contribution in [3.63, 3.8) is 0 Å². The number of piperidine rings is 1. The van der Waals surface area contributed by atoms with Gasteiger partial charge >= 0.3 is 6.03 Å². The van der Waals surface area contributed by atoms with Gasteiger partial charge in [-0.15, -0.1) is 0 Å². The zero-order chi connectivity index (χ0) is 21.3. The highest BCUT2D eigenvalue weighted by Crippen LogP contribution is 2.28. The van der Waals surface area contributed by atoms with Gasteiger partial charge in [-0.3, -0.25) is 0 Å². The predicted octanol–water partition coefficient (Wildman–Crippen LogP) is 5.65. The summed E-state index contributed by atoms with van der Waals surface area (Å²) in [5.74, 6) is 0.661. The van der Waals surface area contributed by atoms with Gasteiger partial charge in [-0.05, 0) is 43.5 Å². The van der Waals surface area contributed by atoms with Crippen molar-refractivity contribution in [1.29, 1.82) is 0 Å². The van der Waals surface area contributed by atoms with E-state index in [1.165, 1.54) is 12.8 Å². The van der Waals surface area contributed by atoms with E-state index in [4.69, 9.17) is 16.3 Å². The molecule has 1 saturated heterocycles. The highest BCUT2D eigenvalue weighted by atomic mass is 35.5. The summed E-state index contributed by atoms with van der Waals surface area (Å²) >= 11 is 6.32. The van der Waals surface area contributed by atoms with Crippen LogP contribution in [0.1, 0.15) is 38.2 Å². The van der Waals surface area contributed by atoms with Crippen LogP contribution in [0, 0.1) is 0 Å². The van der Waals surface area contributed by atoms with E-state index in [-0.39, 0.29) is 12.1 Å². The smallest absolute Gasteiger partial charge is 0.322 e. The first-order valence-corrected chi connectivity index (χ1v) is 11.2. The van der Waals surface area contributed by atoms with Crippen molar-refractivity contribution in [2.24, 2.45) is 0 Å². The normalized spacial score (nSPS) is 15.0. The zero-order valence-corrected chi connectivity index (χ0v) is 18.7. The highest BCUT2D eigenvalue weighted by molar-refractivity contribution is 6.33. The van der Waals surface area contributed by atoms with E-state index >= 15 is 0 Å². The molecule has 0 aromatic heterocycles. The number of carbonyl (C=O) groups is 1. The molecule has 0 unspecified atom stereocenters. The number of likely N-dealkylation sites (tertiary alicyclic amines) is 1. The van der Waals surface area contributed by atoms with E-state index in [9.17, 15) is 4.79 Å². The number of amides is 2. The van der Waals surface area contributed by atoms with Crippen LogP contribution in [0.15, 0.2) is 48.5 Å². The number of rotatable bonds is 8. The number of urea groups is 1. The number of halogens is 1. The Labute approximate surface area is 185 Å². The maximum atomic E-state index is 13.3. The monoisotopic (exact) mass is 429 g/mol. The van der Waals surface area contributed by atoms with E-state index in [1.807, 2.05) is 23.1 Å². The lowest BCUT2D eigenvalue weighted by Crippen LogP contribution is -2.48. The number of nitrogens with zero attached hydrogens (tertiary/aromatic N) is 2. The fourth-order valence-electron chi connectivity index (χ4n) is 3.90. The van der Waals surface area contributed by atoms with Gasteiger partial charge in [0.2, 0.25) is 0 Å². The molecular formula is C24H32ClN3O2. The number of nitrogens with one attached hydrogen (secondary N) is 1. The van der Waals surface area contributed by atoms with Crippen LogP contribution in [0.3, 0.4) is 0 Å². The molecule has 6 heteroatoms. The van der Waals surface area contributed by atoms with Crippen molar-refractivity contribution in [2.45, 2.75) is 45.2 Å². The Kier molecular flexibility index (Phi) is 8.40. The molecule has 2 amide bonds. The summed E-state index contributed by atoms with van der Waals surface area (Å²) in [6, 6.07) is 15.5. The van der Waals surface area contributed by atoms with Gasteiger partial charge in [0.1, 0.15) is 5.75 Å². The number of ether oxygens (including phenoxy) is 1. The molecular weight excluding hydrogens is 398 g/mol. The van der Waals surface area contributed by atoms with Gasteiger partial charge < -0.3 is 19.9 Å². The van der Waals surface area contributed by atoms with Crippen molar-refractivity contribution in [3.05, 3.63) is 59.1 Å². The second-order valence-electron chi connectivity index (χ2n) is 7.82. The fourth-order valence-corrected chi connectivity index (χ4v) is 4.06. The van der Waals surface area contributed by atoms with E-state index < -0.39 is 0 Å². The minimum Gasteiger partial charge on any atom is -0.497 e. The molecule has 0 spiro atoms. The third-order valence-electron chi connectivity index (χ3n) is 5.70. The van der Waals surface area contributed by atoms with Crippen LogP contribution in [0.25, 0.3) is 0 Å². The zero-order valence-electron chi connectivity index (χ0n) is 17.9. The van der Waals surface area contributed by atoms with Gasteiger partial charge in [-0.2, -0.15) is 0 Å². The lowest BCUT2D eigenvalue weighted by Gasteiger charge is -2.38. The number of benzene rings is 2. The molecule has 1 aliphatic rings. The summed E-state index contributed by atoms with van der Waals surface area (Å²) in [4.78, 5) is 17.8. The minimum atomic E-state index is -0.124. The van der Waals surface area contributed by atoms with Crippen molar-refractivity contribution in [2.75, 3.05) is 32.1 Å². The number of hydrogen-bond donors (Lipinski definition) is 1. The van der Waals surface area contributed by atoms with Crippen molar-refractivity contribution < 1.29 is 9.53 Å². The summed E-state index contributed by atoms with van der Waals surface area (Å²) in [5.41, 5.74) is 1.69. The molecule has 0 atom stereocenters. The van der Waals surface area contributed by atoms with Crippen molar-refractivity contribution in [3.8, 4) is 5.75 Å². The number of unbranched alkanes of at least 4 members (excludes halogenated alkanes) is 1. The standard InChI is InChI=1S/C24H32ClN3O2/c1-3-4-14-27-15-12-20(13-16-27)28(18-19-8-6-5-7-9-19)24(29)26-23-17-21(30-2)10-11-22(23)25/h5-11,17,20H,3-4,12-16,18H2,1-2H3,(H,26,29). The molecule has 2 aromatic carbocycles. The van der Waals surface area contributed by atoms with Gasteiger partial charge in [0.15, 0.2) is 0 Å².